The minimum atomic E-state index is -0.796. The number of hydrogen-bond acceptors (Lipinski definition) is 3. The summed E-state index contributed by atoms with van der Waals surface area (Å²) in [6.45, 7) is 9.84. The number of nitrogens with one attached hydrogen (secondary N) is 1. The van der Waals surface area contributed by atoms with Gasteiger partial charge in [-0.15, -0.1) is 0 Å². The van der Waals surface area contributed by atoms with E-state index in [0.29, 0.717) is 6.42 Å². The summed E-state index contributed by atoms with van der Waals surface area (Å²) >= 11 is 0. The Morgan fingerprint density at radius 3 is 2.68 bits per heavy atom. The lowest BCUT2D eigenvalue weighted by Crippen LogP contribution is -2.39. The molecule has 3 heteroatoms. The molecule has 19 heavy (non-hydrogen) atoms. The van der Waals surface area contributed by atoms with Crippen LogP contribution in [-0.2, 0) is 12.0 Å². The van der Waals surface area contributed by atoms with E-state index in [9.17, 15) is 5.11 Å². The Morgan fingerprint density at radius 2 is 2.00 bits per heavy atom. The molecular weight excluding hydrogens is 238 g/mol. The smallest absolute Gasteiger partial charge is 0.122 e. The summed E-state index contributed by atoms with van der Waals surface area (Å²) < 4.78 is 5.50. The van der Waals surface area contributed by atoms with Crippen molar-refractivity contribution in [2.45, 2.75) is 51.7 Å². The number of rotatable bonds is 4. The molecule has 0 aromatic heterocycles. The quantitative estimate of drug-likeness (QED) is 0.877. The fourth-order valence-corrected chi connectivity index (χ4v) is 2.35. The molecule has 0 saturated carbocycles. The largest absolute Gasteiger partial charge is 0.493 e. The molecule has 0 amide bonds. The molecule has 1 aliphatic rings. The first-order chi connectivity index (χ1) is 8.78. The number of fused-ring (bicyclic) bond motifs is 1. The molecule has 2 rings (SSSR count). The van der Waals surface area contributed by atoms with Crippen molar-refractivity contribution in [3.05, 3.63) is 29.3 Å². The summed E-state index contributed by atoms with van der Waals surface area (Å²) in [5.74, 6) is 0.965. The zero-order valence-electron chi connectivity index (χ0n) is 12.4. The number of hydrogen-bond donors (Lipinski definition) is 2. The molecule has 1 aromatic carbocycles. The molecule has 3 nitrogen and oxygen atoms in total. The standard InChI is InChI=1S/C16H25NO2/c1-15(2,3)17-9-8-16(4,18)13-5-6-14-12(11-13)7-10-19-14/h5-6,11,17-18H,7-10H2,1-4H3. The fraction of sp³-hybridized carbons (Fsp3) is 0.625. The van der Waals surface area contributed by atoms with E-state index in [0.717, 1.165) is 30.9 Å². The van der Waals surface area contributed by atoms with Crippen LogP contribution in [0.2, 0.25) is 0 Å². The SMILES string of the molecule is CC(C)(C)NCCC(C)(O)c1ccc2c(c1)CCO2. The van der Waals surface area contributed by atoms with Crippen LogP contribution in [0.5, 0.6) is 5.75 Å². The normalized spacial score (nSPS) is 17.7. The Hall–Kier alpha value is -1.06. The molecule has 0 bridgehead atoms. The number of benzene rings is 1. The van der Waals surface area contributed by atoms with Gasteiger partial charge in [0.05, 0.1) is 12.2 Å². The minimum absolute atomic E-state index is 0.0852. The van der Waals surface area contributed by atoms with Crippen molar-refractivity contribution in [1.29, 1.82) is 0 Å². The summed E-state index contributed by atoms with van der Waals surface area (Å²) in [7, 11) is 0. The molecule has 0 spiro atoms. The highest BCUT2D eigenvalue weighted by atomic mass is 16.5. The predicted octanol–water partition coefficient (Wildman–Crippen LogP) is 2.61. The topological polar surface area (TPSA) is 41.5 Å². The number of aliphatic hydroxyl groups is 1. The van der Waals surface area contributed by atoms with E-state index in [-0.39, 0.29) is 5.54 Å². The third kappa shape index (κ3) is 3.71. The second kappa shape index (κ2) is 5.14. The van der Waals surface area contributed by atoms with E-state index in [1.807, 2.05) is 19.1 Å². The van der Waals surface area contributed by atoms with Crippen molar-refractivity contribution in [1.82, 2.24) is 5.32 Å². The van der Waals surface area contributed by atoms with Gasteiger partial charge in [-0.2, -0.15) is 0 Å². The highest BCUT2D eigenvalue weighted by molar-refractivity contribution is 5.41. The van der Waals surface area contributed by atoms with Gasteiger partial charge in [0.25, 0.3) is 0 Å². The Balaban J connectivity index is 2.03. The van der Waals surface area contributed by atoms with Gasteiger partial charge in [0.2, 0.25) is 0 Å². The van der Waals surface area contributed by atoms with Crippen LogP contribution < -0.4 is 10.1 Å². The molecule has 0 radical (unpaired) electrons. The fourth-order valence-electron chi connectivity index (χ4n) is 2.35. The van der Waals surface area contributed by atoms with Crippen molar-refractivity contribution in [2.24, 2.45) is 0 Å². The first kappa shape index (κ1) is 14.4. The Bertz CT molecular complexity index is 447. The Morgan fingerprint density at radius 1 is 1.26 bits per heavy atom. The second-order valence-corrected chi connectivity index (χ2v) is 6.62. The molecule has 0 saturated heterocycles. The molecule has 0 fully saturated rings. The van der Waals surface area contributed by atoms with Crippen LogP contribution in [0, 0.1) is 0 Å². The molecule has 1 atom stereocenters. The van der Waals surface area contributed by atoms with Gasteiger partial charge in [-0.3, -0.25) is 0 Å². The maximum absolute atomic E-state index is 10.6. The highest BCUT2D eigenvalue weighted by Gasteiger charge is 2.25. The van der Waals surface area contributed by atoms with Crippen molar-refractivity contribution >= 4 is 0 Å². The van der Waals surface area contributed by atoms with E-state index < -0.39 is 5.60 Å². The molecule has 2 N–H and O–H groups in total. The molecule has 106 valence electrons. The zero-order valence-corrected chi connectivity index (χ0v) is 12.4. The van der Waals surface area contributed by atoms with Gasteiger partial charge in [0.1, 0.15) is 5.75 Å². The molecule has 1 aliphatic heterocycles. The van der Waals surface area contributed by atoms with Gasteiger partial charge >= 0.3 is 0 Å². The summed E-state index contributed by atoms with van der Waals surface area (Å²) in [5.41, 5.74) is 1.48. The van der Waals surface area contributed by atoms with Gasteiger partial charge in [-0.05, 0) is 63.9 Å². The van der Waals surface area contributed by atoms with E-state index in [2.05, 4.69) is 32.2 Å². The van der Waals surface area contributed by atoms with Crippen LogP contribution in [0.15, 0.2) is 18.2 Å². The lowest BCUT2D eigenvalue weighted by atomic mass is 9.90. The van der Waals surface area contributed by atoms with Crippen molar-refractivity contribution < 1.29 is 9.84 Å². The summed E-state index contributed by atoms with van der Waals surface area (Å²) in [4.78, 5) is 0. The van der Waals surface area contributed by atoms with Gasteiger partial charge in [0, 0.05) is 12.0 Å². The molecule has 1 heterocycles. The predicted molar refractivity (Wildman–Crippen MR) is 77.6 cm³/mol. The molecule has 0 aliphatic carbocycles. The summed E-state index contributed by atoms with van der Waals surface area (Å²) in [6.07, 6.45) is 1.64. The maximum atomic E-state index is 10.6. The van der Waals surface area contributed by atoms with Gasteiger partial charge in [-0.25, -0.2) is 0 Å². The van der Waals surface area contributed by atoms with Crippen molar-refractivity contribution in [3.8, 4) is 5.75 Å². The minimum Gasteiger partial charge on any atom is -0.493 e. The van der Waals surface area contributed by atoms with Crippen LogP contribution in [0.3, 0.4) is 0 Å². The number of ether oxygens (including phenoxy) is 1. The van der Waals surface area contributed by atoms with E-state index in [1.54, 1.807) is 0 Å². The van der Waals surface area contributed by atoms with E-state index in [1.165, 1.54) is 5.56 Å². The van der Waals surface area contributed by atoms with Crippen molar-refractivity contribution in [2.75, 3.05) is 13.2 Å². The van der Waals surface area contributed by atoms with Crippen molar-refractivity contribution in [3.63, 3.8) is 0 Å². The molecule has 1 unspecified atom stereocenters. The van der Waals surface area contributed by atoms with Gasteiger partial charge in [-0.1, -0.05) is 6.07 Å². The van der Waals surface area contributed by atoms with Gasteiger partial charge in [0.15, 0.2) is 0 Å². The van der Waals surface area contributed by atoms with Crippen LogP contribution >= 0.6 is 0 Å². The van der Waals surface area contributed by atoms with Crippen LogP contribution in [-0.4, -0.2) is 23.8 Å². The van der Waals surface area contributed by atoms with E-state index >= 15 is 0 Å². The Labute approximate surface area is 116 Å². The third-order valence-corrected chi connectivity index (χ3v) is 3.58. The monoisotopic (exact) mass is 263 g/mol. The third-order valence-electron chi connectivity index (χ3n) is 3.58. The van der Waals surface area contributed by atoms with Gasteiger partial charge < -0.3 is 15.2 Å². The van der Waals surface area contributed by atoms with E-state index in [4.69, 9.17) is 4.74 Å². The second-order valence-electron chi connectivity index (χ2n) is 6.62. The average molecular weight is 263 g/mol. The first-order valence-electron chi connectivity index (χ1n) is 7.02. The lowest BCUT2D eigenvalue weighted by Gasteiger charge is -2.27. The highest BCUT2D eigenvalue weighted by Crippen LogP contribution is 2.31. The van der Waals surface area contributed by atoms with Crippen LogP contribution in [0.4, 0.5) is 0 Å². The lowest BCUT2D eigenvalue weighted by molar-refractivity contribution is 0.0463. The van der Waals surface area contributed by atoms with Crippen LogP contribution in [0.25, 0.3) is 0 Å². The maximum Gasteiger partial charge on any atom is 0.122 e. The molecular formula is C16H25NO2. The molecule has 1 aromatic rings. The summed E-state index contributed by atoms with van der Waals surface area (Å²) in [5, 5.41) is 14.0. The average Bonchev–Trinajstić information content (AvgIpc) is 2.73. The summed E-state index contributed by atoms with van der Waals surface area (Å²) in [6, 6.07) is 6.03. The first-order valence-corrected chi connectivity index (χ1v) is 7.02. The Kier molecular flexibility index (Phi) is 3.88. The van der Waals surface area contributed by atoms with Crippen LogP contribution in [0.1, 0.15) is 45.2 Å². The zero-order chi connectivity index (χ0) is 14.1.